The van der Waals surface area contributed by atoms with E-state index < -0.39 is 0 Å². The predicted octanol–water partition coefficient (Wildman–Crippen LogP) is 1.62. The minimum atomic E-state index is -0.341. The fourth-order valence-electron chi connectivity index (χ4n) is 4.04. The van der Waals surface area contributed by atoms with Crippen LogP contribution in [0.4, 0.5) is 0 Å². The van der Waals surface area contributed by atoms with Crippen molar-refractivity contribution < 1.29 is 9.53 Å². The lowest BCUT2D eigenvalue weighted by atomic mass is 10.1. The van der Waals surface area contributed by atoms with Crippen LogP contribution in [0, 0.1) is 0 Å². The van der Waals surface area contributed by atoms with E-state index in [1.54, 1.807) is 24.3 Å². The van der Waals surface area contributed by atoms with Gasteiger partial charge < -0.3 is 10.1 Å². The van der Waals surface area contributed by atoms with Gasteiger partial charge in [0.15, 0.2) is 0 Å². The molecule has 168 valence electrons. The molecule has 4 rings (SSSR count). The van der Waals surface area contributed by atoms with E-state index in [0.29, 0.717) is 17.3 Å². The largest absolute Gasteiger partial charge is 0.376 e. The number of hydrogen-bond acceptors (Lipinski definition) is 5. The van der Waals surface area contributed by atoms with Gasteiger partial charge in [0.2, 0.25) is 5.91 Å². The molecule has 1 aliphatic heterocycles. The molecule has 0 saturated carbocycles. The fraction of sp³-hybridized carbons (Fsp3) is 0.375. The molecular formula is C24H28N4O4. The van der Waals surface area contributed by atoms with E-state index in [9.17, 15) is 14.4 Å². The Balaban J connectivity index is 1.32. The smallest absolute Gasteiger partial charge is 0.273 e. The standard InChI is InChI=1S/C24H28N4O4/c1-17-15-27(11-12-32-17)16-19-6-4-5-18(13-19)14-25-22(29)9-10-28-24(31)21-8-3-2-7-20(21)23(30)26-28/h2-8,13,17H,9-12,14-16H2,1H3,(H,25,29)(H,26,30). The van der Waals surface area contributed by atoms with E-state index in [2.05, 4.69) is 34.4 Å². The summed E-state index contributed by atoms with van der Waals surface area (Å²) in [4.78, 5) is 39.4. The molecule has 8 nitrogen and oxygen atoms in total. The van der Waals surface area contributed by atoms with Gasteiger partial charge in [0, 0.05) is 32.6 Å². The number of carbonyl (C=O) groups excluding carboxylic acids is 1. The molecule has 2 aromatic carbocycles. The third-order valence-electron chi connectivity index (χ3n) is 5.66. The Bertz CT molecular complexity index is 1220. The summed E-state index contributed by atoms with van der Waals surface area (Å²) in [6, 6.07) is 14.8. The third kappa shape index (κ3) is 5.33. The second-order valence-electron chi connectivity index (χ2n) is 8.21. The van der Waals surface area contributed by atoms with E-state index >= 15 is 0 Å². The molecule has 1 saturated heterocycles. The maximum Gasteiger partial charge on any atom is 0.273 e. The first-order chi connectivity index (χ1) is 15.5. The van der Waals surface area contributed by atoms with Crippen LogP contribution >= 0.6 is 0 Å². The highest BCUT2D eigenvalue weighted by molar-refractivity contribution is 5.80. The van der Waals surface area contributed by atoms with Gasteiger partial charge in [-0.05, 0) is 30.2 Å². The quantitative estimate of drug-likeness (QED) is 0.587. The number of aromatic amines is 1. The van der Waals surface area contributed by atoms with E-state index in [1.165, 1.54) is 10.2 Å². The van der Waals surface area contributed by atoms with Gasteiger partial charge in [0.1, 0.15) is 0 Å². The topological polar surface area (TPSA) is 96.4 Å². The first-order valence-electron chi connectivity index (χ1n) is 10.9. The number of fused-ring (bicyclic) bond motifs is 1. The van der Waals surface area contributed by atoms with Gasteiger partial charge in [0.25, 0.3) is 11.1 Å². The van der Waals surface area contributed by atoms with Gasteiger partial charge in [-0.25, -0.2) is 4.68 Å². The second-order valence-corrected chi connectivity index (χ2v) is 8.21. The lowest BCUT2D eigenvalue weighted by Crippen LogP contribution is -2.40. The first kappa shape index (κ1) is 22.0. The number of aryl methyl sites for hydroxylation is 1. The number of carbonyl (C=O) groups is 1. The number of rotatable bonds is 7. The number of H-pyrrole nitrogens is 1. The van der Waals surface area contributed by atoms with E-state index in [1.807, 2.05) is 12.1 Å². The maximum atomic E-state index is 12.5. The molecule has 0 aliphatic carbocycles. The summed E-state index contributed by atoms with van der Waals surface area (Å²) in [6.45, 7) is 6.05. The highest BCUT2D eigenvalue weighted by Gasteiger charge is 2.16. The zero-order valence-electron chi connectivity index (χ0n) is 18.2. The van der Waals surface area contributed by atoms with Crippen molar-refractivity contribution in [1.29, 1.82) is 0 Å². The molecule has 0 bridgehead atoms. The fourth-order valence-corrected chi connectivity index (χ4v) is 4.04. The summed E-state index contributed by atoms with van der Waals surface area (Å²) < 4.78 is 6.80. The van der Waals surface area contributed by atoms with E-state index in [4.69, 9.17) is 4.74 Å². The van der Waals surface area contributed by atoms with Crippen LogP contribution < -0.4 is 16.4 Å². The molecule has 0 radical (unpaired) electrons. The third-order valence-corrected chi connectivity index (χ3v) is 5.66. The number of benzene rings is 2. The van der Waals surface area contributed by atoms with Gasteiger partial charge in [-0.1, -0.05) is 36.4 Å². The number of nitrogens with zero attached hydrogens (tertiary/aromatic N) is 2. The zero-order chi connectivity index (χ0) is 22.5. The Hall–Kier alpha value is -3.23. The number of nitrogens with one attached hydrogen (secondary N) is 2. The second kappa shape index (κ2) is 9.93. The number of ether oxygens (including phenoxy) is 1. The summed E-state index contributed by atoms with van der Waals surface area (Å²) in [6.07, 6.45) is 0.343. The first-order valence-corrected chi connectivity index (χ1v) is 10.9. The molecule has 1 aliphatic rings. The monoisotopic (exact) mass is 436 g/mol. The van der Waals surface area contributed by atoms with Crippen molar-refractivity contribution in [3.8, 4) is 0 Å². The Morgan fingerprint density at radius 3 is 2.72 bits per heavy atom. The van der Waals surface area contributed by atoms with Crippen LogP contribution in [0.1, 0.15) is 24.5 Å². The summed E-state index contributed by atoms with van der Waals surface area (Å²) in [5.74, 6) is -0.182. The van der Waals surface area contributed by atoms with Crippen LogP contribution in [0.15, 0.2) is 58.1 Å². The highest BCUT2D eigenvalue weighted by atomic mass is 16.5. The van der Waals surface area contributed by atoms with Crippen LogP contribution in [0.5, 0.6) is 0 Å². The molecule has 8 heteroatoms. The molecule has 1 amide bonds. The molecule has 1 aromatic heterocycles. The van der Waals surface area contributed by atoms with Gasteiger partial charge in [-0.15, -0.1) is 0 Å². The average Bonchev–Trinajstić information content (AvgIpc) is 2.79. The number of amides is 1. The van der Waals surface area contributed by atoms with Crippen molar-refractivity contribution >= 4 is 16.7 Å². The van der Waals surface area contributed by atoms with Gasteiger partial charge in [-0.2, -0.15) is 0 Å². The molecule has 1 atom stereocenters. The van der Waals surface area contributed by atoms with Crippen LogP contribution in [0.25, 0.3) is 10.8 Å². The van der Waals surface area contributed by atoms with Crippen LogP contribution in [-0.2, 0) is 29.2 Å². The molecule has 2 heterocycles. The Kier molecular flexibility index (Phi) is 6.82. The molecule has 1 unspecified atom stereocenters. The molecule has 32 heavy (non-hydrogen) atoms. The van der Waals surface area contributed by atoms with Crippen LogP contribution in [0.2, 0.25) is 0 Å². The van der Waals surface area contributed by atoms with Crippen molar-refractivity contribution in [3.05, 3.63) is 80.4 Å². The molecule has 1 fully saturated rings. The number of morpholine rings is 1. The van der Waals surface area contributed by atoms with Crippen molar-refractivity contribution in [2.45, 2.75) is 39.1 Å². The predicted molar refractivity (Wildman–Crippen MR) is 122 cm³/mol. The van der Waals surface area contributed by atoms with Crippen molar-refractivity contribution in [2.75, 3.05) is 19.7 Å². The summed E-state index contributed by atoms with van der Waals surface area (Å²) in [5.41, 5.74) is 1.57. The Morgan fingerprint density at radius 1 is 1.12 bits per heavy atom. The molecule has 3 aromatic rings. The normalized spacial score (nSPS) is 16.8. The summed E-state index contributed by atoms with van der Waals surface area (Å²) in [5, 5.41) is 6.15. The lowest BCUT2D eigenvalue weighted by molar-refractivity contribution is -0.121. The summed E-state index contributed by atoms with van der Waals surface area (Å²) in [7, 11) is 0. The summed E-state index contributed by atoms with van der Waals surface area (Å²) >= 11 is 0. The minimum Gasteiger partial charge on any atom is -0.376 e. The van der Waals surface area contributed by atoms with Gasteiger partial charge in [0.05, 0.1) is 30.0 Å². The molecule has 0 spiro atoms. The van der Waals surface area contributed by atoms with Crippen LogP contribution in [0.3, 0.4) is 0 Å². The van der Waals surface area contributed by atoms with Crippen molar-refractivity contribution in [2.24, 2.45) is 0 Å². The zero-order valence-corrected chi connectivity index (χ0v) is 18.2. The van der Waals surface area contributed by atoms with Crippen LogP contribution in [-0.4, -0.2) is 46.4 Å². The number of hydrogen-bond donors (Lipinski definition) is 2. The SMILES string of the molecule is CC1CN(Cc2cccc(CNC(=O)CCn3[nH]c(=O)c4ccccc4c3=O)c2)CCO1. The maximum absolute atomic E-state index is 12.5. The Morgan fingerprint density at radius 2 is 1.91 bits per heavy atom. The number of aromatic nitrogens is 2. The minimum absolute atomic E-state index is 0.0968. The highest BCUT2D eigenvalue weighted by Crippen LogP contribution is 2.12. The van der Waals surface area contributed by atoms with Gasteiger partial charge >= 0.3 is 0 Å². The van der Waals surface area contributed by atoms with E-state index in [-0.39, 0.29) is 36.1 Å². The molecular weight excluding hydrogens is 408 g/mol. The lowest BCUT2D eigenvalue weighted by Gasteiger charge is -2.31. The Labute approximate surface area is 185 Å². The molecule has 2 N–H and O–H groups in total. The van der Waals surface area contributed by atoms with E-state index in [0.717, 1.165) is 31.8 Å². The van der Waals surface area contributed by atoms with Gasteiger partial charge in [-0.3, -0.25) is 24.4 Å². The average molecular weight is 437 g/mol. The van der Waals surface area contributed by atoms with Crippen molar-refractivity contribution in [3.63, 3.8) is 0 Å². The van der Waals surface area contributed by atoms with Crippen molar-refractivity contribution in [1.82, 2.24) is 20.0 Å².